The number of carbonyl (C=O) groups excluding carboxylic acids is 1. The van der Waals surface area contributed by atoms with E-state index in [1.54, 1.807) is 4.90 Å². The van der Waals surface area contributed by atoms with Gasteiger partial charge >= 0.3 is 0 Å². The SMILES string of the molecule is CCN(CCCO)C(=O)c1cccc(Br)c1C. The van der Waals surface area contributed by atoms with Crippen LogP contribution in [0.2, 0.25) is 0 Å². The molecule has 4 heteroatoms. The fourth-order valence-electron chi connectivity index (χ4n) is 1.67. The summed E-state index contributed by atoms with van der Waals surface area (Å²) < 4.78 is 0.946. The minimum atomic E-state index is 0.0275. The Labute approximate surface area is 111 Å². The second kappa shape index (κ2) is 6.77. The van der Waals surface area contributed by atoms with Crippen molar-refractivity contribution in [3.05, 3.63) is 33.8 Å². The third-order valence-corrected chi connectivity index (χ3v) is 3.61. The van der Waals surface area contributed by atoms with E-state index in [4.69, 9.17) is 5.11 Å². The van der Waals surface area contributed by atoms with Crippen LogP contribution in [0.1, 0.15) is 29.3 Å². The molecule has 0 aliphatic rings. The Morgan fingerprint density at radius 3 is 2.76 bits per heavy atom. The molecule has 1 aromatic rings. The van der Waals surface area contributed by atoms with Crippen molar-refractivity contribution in [2.24, 2.45) is 0 Å². The van der Waals surface area contributed by atoms with Crippen LogP contribution in [-0.2, 0) is 0 Å². The lowest BCUT2D eigenvalue weighted by Gasteiger charge is -2.21. The van der Waals surface area contributed by atoms with E-state index in [0.29, 0.717) is 19.5 Å². The fraction of sp³-hybridized carbons (Fsp3) is 0.462. The average Bonchev–Trinajstić information content (AvgIpc) is 2.33. The van der Waals surface area contributed by atoms with Gasteiger partial charge in [0, 0.05) is 29.7 Å². The van der Waals surface area contributed by atoms with Gasteiger partial charge in [-0.3, -0.25) is 4.79 Å². The van der Waals surface area contributed by atoms with Gasteiger partial charge < -0.3 is 10.0 Å². The van der Waals surface area contributed by atoms with E-state index in [0.717, 1.165) is 15.6 Å². The van der Waals surface area contributed by atoms with Crippen LogP contribution in [0.5, 0.6) is 0 Å². The highest BCUT2D eigenvalue weighted by atomic mass is 79.9. The van der Waals surface area contributed by atoms with Crippen molar-refractivity contribution in [3.8, 4) is 0 Å². The Bertz CT molecular complexity index is 393. The van der Waals surface area contributed by atoms with Gasteiger partial charge in [0.15, 0.2) is 0 Å². The average molecular weight is 300 g/mol. The zero-order chi connectivity index (χ0) is 12.8. The molecule has 1 amide bonds. The molecular weight excluding hydrogens is 282 g/mol. The molecule has 0 fully saturated rings. The van der Waals surface area contributed by atoms with Crippen molar-refractivity contribution in [3.63, 3.8) is 0 Å². The Morgan fingerprint density at radius 1 is 1.47 bits per heavy atom. The van der Waals surface area contributed by atoms with Crippen LogP contribution in [0.3, 0.4) is 0 Å². The molecule has 0 aliphatic carbocycles. The summed E-state index contributed by atoms with van der Waals surface area (Å²) in [6, 6.07) is 5.63. The normalized spacial score (nSPS) is 10.4. The second-order valence-electron chi connectivity index (χ2n) is 3.87. The Hall–Kier alpha value is -0.870. The van der Waals surface area contributed by atoms with Crippen LogP contribution >= 0.6 is 15.9 Å². The molecule has 0 saturated heterocycles. The number of rotatable bonds is 5. The van der Waals surface area contributed by atoms with Crippen LogP contribution < -0.4 is 0 Å². The molecule has 17 heavy (non-hydrogen) atoms. The van der Waals surface area contributed by atoms with E-state index in [9.17, 15) is 4.79 Å². The zero-order valence-electron chi connectivity index (χ0n) is 10.2. The Kier molecular flexibility index (Phi) is 5.65. The predicted molar refractivity (Wildman–Crippen MR) is 72.2 cm³/mol. The van der Waals surface area contributed by atoms with Gasteiger partial charge in [-0.1, -0.05) is 22.0 Å². The van der Waals surface area contributed by atoms with E-state index in [1.807, 2.05) is 32.0 Å². The summed E-state index contributed by atoms with van der Waals surface area (Å²) in [5.41, 5.74) is 1.68. The van der Waals surface area contributed by atoms with Gasteiger partial charge in [-0.05, 0) is 38.0 Å². The van der Waals surface area contributed by atoms with Crippen molar-refractivity contribution in [1.29, 1.82) is 0 Å². The molecule has 3 nitrogen and oxygen atoms in total. The predicted octanol–water partition coefficient (Wildman–Crippen LogP) is 2.60. The van der Waals surface area contributed by atoms with Crippen LogP contribution in [0.15, 0.2) is 22.7 Å². The molecule has 0 aromatic heterocycles. The summed E-state index contributed by atoms with van der Waals surface area (Å²) in [7, 11) is 0. The maximum Gasteiger partial charge on any atom is 0.254 e. The van der Waals surface area contributed by atoms with Crippen molar-refractivity contribution >= 4 is 21.8 Å². The first kappa shape index (κ1) is 14.2. The van der Waals surface area contributed by atoms with Crippen LogP contribution in [-0.4, -0.2) is 35.6 Å². The minimum Gasteiger partial charge on any atom is -0.396 e. The van der Waals surface area contributed by atoms with Crippen LogP contribution in [0.25, 0.3) is 0 Å². The van der Waals surface area contributed by atoms with Crippen LogP contribution in [0.4, 0.5) is 0 Å². The number of nitrogens with zero attached hydrogens (tertiary/aromatic N) is 1. The first-order valence-electron chi connectivity index (χ1n) is 5.77. The van der Waals surface area contributed by atoms with E-state index in [1.165, 1.54) is 0 Å². The van der Waals surface area contributed by atoms with Gasteiger partial charge in [0.2, 0.25) is 0 Å². The fourth-order valence-corrected chi connectivity index (χ4v) is 2.04. The first-order chi connectivity index (χ1) is 8.11. The lowest BCUT2D eigenvalue weighted by Crippen LogP contribution is -2.32. The van der Waals surface area contributed by atoms with Gasteiger partial charge in [0.1, 0.15) is 0 Å². The summed E-state index contributed by atoms with van der Waals surface area (Å²) in [5, 5.41) is 8.82. The standard InChI is InChI=1S/C13H18BrNO2/c1-3-15(8-5-9-16)13(17)11-6-4-7-12(14)10(11)2/h4,6-7,16H,3,5,8-9H2,1-2H3. The Balaban J connectivity index is 2.90. The molecule has 0 spiro atoms. The molecule has 94 valence electrons. The summed E-state index contributed by atoms with van der Waals surface area (Å²) in [4.78, 5) is 14.0. The second-order valence-corrected chi connectivity index (χ2v) is 4.73. The molecule has 0 aliphatic heterocycles. The lowest BCUT2D eigenvalue weighted by atomic mass is 10.1. The van der Waals surface area contributed by atoms with Crippen molar-refractivity contribution in [1.82, 2.24) is 4.90 Å². The van der Waals surface area contributed by atoms with Crippen LogP contribution in [0, 0.1) is 6.92 Å². The summed E-state index contributed by atoms with van der Waals surface area (Å²) in [6.45, 7) is 5.24. The molecule has 1 rings (SSSR count). The summed E-state index contributed by atoms with van der Waals surface area (Å²) >= 11 is 3.43. The number of benzene rings is 1. The molecular formula is C13H18BrNO2. The van der Waals surface area contributed by atoms with Crippen molar-refractivity contribution in [2.45, 2.75) is 20.3 Å². The molecule has 0 heterocycles. The van der Waals surface area contributed by atoms with Gasteiger partial charge in [0.05, 0.1) is 0 Å². The number of aliphatic hydroxyl groups excluding tert-OH is 1. The number of hydrogen-bond donors (Lipinski definition) is 1. The highest BCUT2D eigenvalue weighted by molar-refractivity contribution is 9.10. The van der Waals surface area contributed by atoms with E-state index >= 15 is 0 Å². The molecule has 1 aromatic carbocycles. The number of carbonyl (C=O) groups is 1. The number of aliphatic hydroxyl groups is 1. The largest absolute Gasteiger partial charge is 0.396 e. The maximum atomic E-state index is 12.3. The van der Waals surface area contributed by atoms with E-state index in [-0.39, 0.29) is 12.5 Å². The topological polar surface area (TPSA) is 40.5 Å². The van der Waals surface area contributed by atoms with E-state index in [2.05, 4.69) is 15.9 Å². The first-order valence-corrected chi connectivity index (χ1v) is 6.56. The molecule has 0 bridgehead atoms. The van der Waals surface area contributed by atoms with Gasteiger partial charge in [-0.15, -0.1) is 0 Å². The molecule has 1 N–H and O–H groups in total. The van der Waals surface area contributed by atoms with Gasteiger partial charge in [-0.25, -0.2) is 0 Å². The summed E-state index contributed by atoms with van der Waals surface area (Å²) in [6.07, 6.45) is 0.618. The highest BCUT2D eigenvalue weighted by Gasteiger charge is 2.16. The number of halogens is 1. The van der Waals surface area contributed by atoms with Crippen molar-refractivity contribution in [2.75, 3.05) is 19.7 Å². The molecule has 0 radical (unpaired) electrons. The quantitative estimate of drug-likeness (QED) is 0.908. The van der Waals surface area contributed by atoms with Gasteiger partial charge in [-0.2, -0.15) is 0 Å². The lowest BCUT2D eigenvalue weighted by molar-refractivity contribution is 0.0753. The van der Waals surface area contributed by atoms with Gasteiger partial charge in [0.25, 0.3) is 5.91 Å². The third kappa shape index (κ3) is 3.54. The monoisotopic (exact) mass is 299 g/mol. The number of amides is 1. The smallest absolute Gasteiger partial charge is 0.254 e. The maximum absolute atomic E-state index is 12.3. The zero-order valence-corrected chi connectivity index (χ0v) is 11.8. The third-order valence-electron chi connectivity index (χ3n) is 2.75. The number of hydrogen-bond acceptors (Lipinski definition) is 2. The summed E-state index contributed by atoms with van der Waals surface area (Å²) in [5.74, 6) is 0.0275. The Morgan fingerprint density at radius 2 is 2.18 bits per heavy atom. The molecule has 0 atom stereocenters. The van der Waals surface area contributed by atoms with Crippen molar-refractivity contribution < 1.29 is 9.90 Å². The molecule has 0 unspecified atom stereocenters. The molecule has 0 saturated carbocycles. The highest BCUT2D eigenvalue weighted by Crippen LogP contribution is 2.20. The van der Waals surface area contributed by atoms with E-state index < -0.39 is 0 Å². The minimum absolute atomic E-state index is 0.0275.